The average molecular weight is 317 g/mol. The average Bonchev–Trinajstić information content (AvgIpc) is 3.13. The van der Waals surface area contributed by atoms with Gasteiger partial charge >= 0.3 is 5.97 Å². The Hall–Kier alpha value is -3.43. The molecule has 1 amide bonds. The smallest absolute Gasteiger partial charge is 0.341 e. The monoisotopic (exact) mass is 317 g/mol. The van der Waals surface area contributed by atoms with Gasteiger partial charge in [0.2, 0.25) is 0 Å². The lowest BCUT2D eigenvalue weighted by Crippen LogP contribution is -2.25. The summed E-state index contributed by atoms with van der Waals surface area (Å²) in [6.07, 6.45) is 2.62. The van der Waals surface area contributed by atoms with Crippen LogP contribution in [0.2, 0.25) is 0 Å². The minimum absolute atomic E-state index is 0.0278. The number of hydrogen-bond acceptors (Lipinski definition) is 7. The van der Waals surface area contributed by atoms with Gasteiger partial charge in [-0.15, -0.1) is 0 Å². The highest BCUT2D eigenvalue weighted by Gasteiger charge is 2.22. The molecule has 3 heterocycles. The topological polar surface area (TPSA) is 132 Å². The maximum absolute atomic E-state index is 12.1. The second kappa shape index (κ2) is 5.40. The van der Waals surface area contributed by atoms with Crippen LogP contribution in [0.4, 0.5) is 0 Å². The number of aromatic nitrogens is 4. The van der Waals surface area contributed by atoms with Gasteiger partial charge in [-0.25, -0.2) is 9.89 Å². The Morgan fingerprint density at radius 3 is 2.83 bits per heavy atom. The van der Waals surface area contributed by atoms with Gasteiger partial charge < -0.3 is 9.26 Å². The van der Waals surface area contributed by atoms with Crippen LogP contribution in [0.15, 0.2) is 27.8 Å². The van der Waals surface area contributed by atoms with Crippen molar-refractivity contribution in [3.63, 3.8) is 0 Å². The number of amides is 1. The first-order valence-corrected chi connectivity index (χ1v) is 6.43. The van der Waals surface area contributed by atoms with Crippen molar-refractivity contribution < 1.29 is 18.8 Å². The molecule has 23 heavy (non-hydrogen) atoms. The van der Waals surface area contributed by atoms with Crippen LogP contribution >= 0.6 is 0 Å². The van der Waals surface area contributed by atoms with Crippen LogP contribution in [-0.4, -0.2) is 39.0 Å². The Bertz CT molecular complexity index is 921. The van der Waals surface area contributed by atoms with E-state index < -0.39 is 17.4 Å². The number of ether oxygens (including phenoxy) is 1. The minimum Gasteiger partial charge on any atom is -0.465 e. The third kappa shape index (κ3) is 2.57. The van der Waals surface area contributed by atoms with E-state index in [4.69, 9.17) is 4.52 Å². The first-order chi connectivity index (χ1) is 11.0. The molecule has 0 saturated heterocycles. The molecule has 3 rings (SSSR count). The van der Waals surface area contributed by atoms with Crippen LogP contribution in [0.25, 0.3) is 11.3 Å². The maximum Gasteiger partial charge on any atom is 0.341 e. The van der Waals surface area contributed by atoms with Crippen LogP contribution in [-0.2, 0) is 4.74 Å². The predicted molar refractivity (Wildman–Crippen MR) is 75.7 cm³/mol. The molecule has 0 saturated carbocycles. The number of rotatable bonds is 3. The van der Waals surface area contributed by atoms with E-state index in [0.717, 1.165) is 4.68 Å². The van der Waals surface area contributed by atoms with Gasteiger partial charge in [-0.05, 0) is 6.92 Å². The number of pyridine rings is 1. The van der Waals surface area contributed by atoms with Crippen molar-refractivity contribution in [1.29, 1.82) is 0 Å². The fraction of sp³-hybridized carbons (Fsp3) is 0.154. The number of carbonyl (C=O) groups excluding carboxylic acids is 2. The molecule has 0 aliphatic carbocycles. The summed E-state index contributed by atoms with van der Waals surface area (Å²) < 4.78 is 10.6. The zero-order chi connectivity index (χ0) is 16.6. The lowest BCUT2D eigenvalue weighted by molar-refractivity contribution is 0.0600. The molecule has 2 aliphatic heterocycles. The van der Waals surface area contributed by atoms with Crippen LogP contribution in [0.3, 0.4) is 0 Å². The first-order valence-electron chi connectivity index (χ1n) is 6.43. The highest BCUT2D eigenvalue weighted by molar-refractivity contribution is 5.99. The zero-order valence-electron chi connectivity index (χ0n) is 12.1. The third-order valence-electron chi connectivity index (χ3n) is 3.06. The van der Waals surface area contributed by atoms with Crippen molar-refractivity contribution in [3.05, 3.63) is 45.8 Å². The lowest BCUT2D eigenvalue weighted by Gasteiger charge is -2.11. The van der Waals surface area contributed by atoms with Gasteiger partial charge in [0.1, 0.15) is 17.0 Å². The molecule has 0 radical (unpaired) electrons. The number of fused-ring (bicyclic) bond motifs is 1. The summed E-state index contributed by atoms with van der Waals surface area (Å²) in [4.78, 5) is 35.6. The van der Waals surface area contributed by atoms with Gasteiger partial charge in [-0.1, -0.05) is 5.16 Å². The quantitative estimate of drug-likeness (QED) is 0.657. The van der Waals surface area contributed by atoms with Crippen molar-refractivity contribution in [1.82, 2.24) is 20.0 Å². The van der Waals surface area contributed by atoms with E-state index in [1.807, 2.05) is 0 Å². The van der Waals surface area contributed by atoms with Crippen LogP contribution in [0.5, 0.6) is 0 Å². The molecule has 0 atom stereocenters. The van der Waals surface area contributed by atoms with E-state index >= 15 is 0 Å². The number of hydrogen-bond donors (Lipinski definition) is 2. The summed E-state index contributed by atoms with van der Waals surface area (Å²) >= 11 is 0. The van der Waals surface area contributed by atoms with Gasteiger partial charge in [-0.3, -0.25) is 19.7 Å². The van der Waals surface area contributed by atoms with E-state index in [0.29, 0.717) is 5.76 Å². The molecular weight excluding hydrogens is 306 g/mol. The molecule has 1 aromatic heterocycles. The van der Waals surface area contributed by atoms with Crippen molar-refractivity contribution in [3.8, 4) is 11.3 Å². The number of H-pyrrole nitrogens is 1. The van der Waals surface area contributed by atoms with Gasteiger partial charge in [0, 0.05) is 18.5 Å². The second-order valence-electron chi connectivity index (χ2n) is 4.65. The molecule has 10 heteroatoms. The van der Waals surface area contributed by atoms with E-state index in [-0.39, 0.29) is 22.5 Å². The highest BCUT2D eigenvalue weighted by atomic mass is 16.5. The van der Waals surface area contributed by atoms with Crippen LogP contribution in [0.1, 0.15) is 26.6 Å². The molecule has 0 bridgehead atoms. The molecule has 0 fully saturated rings. The molecule has 1 aromatic rings. The molecule has 2 N–H and O–H groups in total. The highest BCUT2D eigenvalue weighted by Crippen LogP contribution is 2.20. The largest absolute Gasteiger partial charge is 0.465 e. The SMILES string of the molecule is COC(=O)c1cn(NC(=O)c2cc(C)on2)cc2c(=O)[nH]nc1-2. The standard InChI is InChI=1S/C13H11N5O5/c1-6-3-9(17-23-6)12(20)16-18-4-7-10(14-15-11(7)19)8(5-18)13(21)22-2/h3-5H,1-2H3,(H,15,19)(H,16,20). The van der Waals surface area contributed by atoms with Gasteiger partial charge in [0.25, 0.3) is 11.5 Å². The summed E-state index contributed by atoms with van der Waals surface area (Å²) in [6, 6.07) is 1.45. The number of esters is 1. The number of carbonyl (C=O) groups is 2. The number of aryl methyl sites for hydroxylation is 1. The minimum atomic E-state index is -0.692. The molecule has 2 aliphatic rings. The Morgan fingerprint density at radius 2 is 2.17 bits per heavy atom. The number of nitrogens with one attached hydrogen (secondary N) is 2. The summed E-state index contributed by atoms with van der Waals surface area (Å²) in [7, 11) is 1.20. The predicted octanol–water partition coefficient (Wildman–Crippen LogP) is 0.143. The van der Waals surface area contributed by atoms with E-state index in [9.17, 15) is 14.4 Å². The molecule has 0 aromatic carbocycles. The number of aromatic amines is 1. The van der Waals surface area contributed by atoms with E-state index in [1.54, 1.807) is 6.92 Å². The van der Waals surface area contributed by atoms with Crippen LogP contribution < -0.4 is 11.0 Å². The second-order valence-corrected chi connectivity index (χ2v) is 4.65. The van der Waals surface area contributed by atoms with Gasteiger partial charge in [0.05, 0.1) is 12.7 Å². The first kappa shape index (κ1) is 14.5. The molecular formula is C13H11N5O5. The zero-order valence-corrected chi connectivity index (χ0v) is 12.1. The van der Waals surface area contributed by atoms with E-state index in [1.165, 1.54) is 25.6 Å². The molecule has 118 valence electrons. The normalized spacial score (nSPS) is 10.7. The molecule has 10 nitrogen and oxygen atoms in total. The number of methoxy groups -OCH3 is 1. The maximum atomic E-state index is 12.1. The third-order valence-corrected chi connectivity index (χ3v) is 3.06. The fourth-order valence-corrected chi connectivity index (χ4v) is 2.01. The summed E-state index contributed by atoms with van der Waals surface area (Å²) in [5, 5.41) is 9.61. The Kier molecular flexibility index (Phi) is 3.41. The van der Waals surface area contributed by atoms with Gasteiger partial charge in [0.15, 0.2) is 5.69 Å². The van der Waals surface area contributed by atoms with Crippen molar-refractivity contribution >= 4 is 11.9 Å². The Labute approximate surface area is 128 Å². The van der Waals surface area contributed by atoms with E-state index in [2.05, 4.69) is 25.5 Å². The summed E-state index contributed by atoms with van der Waals surface area (Å²) in [5.41, 5.74) is 2.35. The summed E-state index contributed by atoms with van der Waals surface area (Å²) in [5.74, 6) is -0.789. The van der Waals surface area contributed by atoms with Crippen LogP contribution in [0, 0.1) is 6.92 Å². The summed E-state index contributed by atoms with van der Waals surface area (Å²) in [6.45, 7) is 1.65. The number of nitrogens with zero attached hydrogens (tertiary/aromatic N) is 3. The molecule has 0 unspecified atom stereocenters. The lowest BCUT2D eigenvalue weighted by atomic mass is 10.1. The van der Waals surface area contributed by atoms with Gasteiger partial charge in [-0.2, -0.15) is 5.10 Å². The molecule has 0 spiro atoms. The Morgan fingerprint density at radius 1 is 1.39 bits per heavy atom. The fourth-order valence-electron chi connectivity index (χ4n) is 2.01. The van der Waals surface area contributed by atoms with Crippen molar-refractivity contribution in [2.45, 2.75) is 6.92 Å². The van der Waals surface area contributed by atoms with Crippen molar-refractivity contribution in [2.24, 2.45) is 0 Å². The van der Waals surface area contributed by atoms with Crippen molar-refractivity contribution in [2.75, 3.05) is 12.5 Å². The Balaban J connectivity index is 2.02.